The van der Waals surface area contributed by atoms with Crippen molar-refractivity contribution in [3.8, 4) is 11.3 Å². The van der Waals surface area contributed by atoms with Crippen LogP contribution in [0.25, 0.3) is 11.3 Å². The van der Waals surface area contributed by atoms with Crippen molar-refractivity contribution in [1.29, 1.82) is 0 Å². The molecule has 0 fully saturated rings. The summed E-state index contributed by atoms with van der Waals surface area (Å²) >= 11 is 1.43. The molecule has 3 aromatic rings. The standard InChI is InChI=1S/C21H22N2O2S/c1-16-23-19(18-11-6-3-7-12-18)20(26-16)21(24)22-13-8-14-25-15-17-9-4-2-5-10-17/h2-7,9-12H,8,13-15H2,1H3,(H,22,24). The molecule has 0 aliphatic rings. The van der Waals surface area contributed by atoms with E-state index in [0.717, 1.165) is 28.2 Å². The van der Waals surface area contributed by atoms with Gasteiger partial charge in [0.15, 0.2) is 0 Å². The molecule has 2 aromatic carbocycles. The fourth-order valence-electron chi connectivity index (χ4n) is 2.59. The molecule has 4 nitrogen and oxygen atoms in total. The molecule has 0 unspecified atom stereocenters. The quantitative estimate of drug-likeness (QED) is 0.599. The van der Waals surface area contributed by atoms with Gasteiger partial charge in [-0.25, -0.2) is 4.98 Å². The van der Waals surface area contributed by atoms with Gasteiger partial charge in [0.05, 0.1) is 17.3 Å². The van der Waals surface area contributed by atoms with Crippen LogP contribution in [0.4, 0.5) is 0 Å². The highest BCUT2D eigenvalue weighted by atomic mass is 32.1. The number of hydrogen-bond donors (Lipinski definition) is 1. The molecule has 0 aliphatic heterocycles. The number of thiazole rings is 1. The Morgan fingerprint density at radius 3 is 2.50 bits per heavy atom. The maximum Gasteiger partial charge on any atom is 0.263 e. The zero-order chi connectivity index (χ0) is 18.2. The van der Waals surface area contributed by atoms with Gasteiger partial charge in [0.2, 0.25) is 0 Å². The molecule has 3 rings (SSSR count). The van der Waals surface area contributed by atoms with E-state index in [4.69, 9.17) is 4.74 Å². The van der Waals surface area contributed by atoms with Crippen LogP contribution in [0.1, 0.15) is 26.7 Å². The molecule has 0 aliphatic carbocycles. The predicted octanol–water partition coefficient (Wildman–Crippen LogP) is 4.46. The summed E-state index contributed by atoms with van der Waals surface area (Å²) in [5.74, 6) is -0.0717. The molecule has 1 amide bonds. The molecule has 26 heavy (non-hydrogen) atoms. The molecular formula is C21H22N2O2S. The number of carbonyl (C=O) groups is 1. The first-order chi connectivity index (χ1) is 12.7. The number of amides is 1. The molecule has 0 spiro atoms. The van der Waals surface area contributed by atoms with Crippen LogP contribution in [0.5, 0.6) is 0 Å². The van der Waals surface area contributed by atoms with Gasteiger partial charge in [0.1, 0.15) is 4.88 Å². The largest absolute Gasteiger partial charge is 0.377 e. The Labute approximate surface area is 157 Å². The summed E-state index contributed by atoms with van der Waals surface area (Å²) in [6.45, 7) is 3.72. The Morgan fingerprint density at radius 2 is 1.77 bits per heavy atom. The lowest BCUT2D eigenvalue weighted by Crippen LogP contribution is -2.25. The average molecular weight is 366 g/mol. The number of aryl methyl sites for hydroxylation is 1. The van der Waals surface area contributed by atoms with Gasteiger partial charge in [0.25, 0.3) is 5.91 Å². The van der Waals surface area contributed by atoms with E-state index in [0.29, 0.717) is 24.6 Å². The number of benzene rings is 2. The van der Waals surface area contributed by atoms with Crippen LogP contribution in [-0.4, -0.2) is 24.0 Å². The SMILES string of the molecule is Cc1nc(-c2ccccc2)c(C(=O)NCCCOCc2ccccc2)s1. The number of rotatable bonds is 8. The second-order valence-corrected chi connectivity index (χ2v) is 7.13. The van der Waals surface area contributed by atoms with Crippen LogP contribution < -0.4 is 5.32 Å². The second kappa shape index (κ2) is 9.27. The first-order valence-corrected chi connectivity index (χ1v) is 9.48. The number of ether oxygens (including phenoxy) is 1. The predicted molar refractivity (Wildman–Crippen MR) is 105 cm³/mol. The van der Waals surface area contributed by atoms with Crippen LogP contribution in [0.2, 0.25) is 0 Å². The maximum atomic E-state index is 12.5. The number of aromatic nitrogens is 1. The van der Waals surface area contributed by atoms with E-state index >= 15 is 0 Å². The molecule has 0 saturated carbocycles. The summed E-state index contributed by atoms with van der Waals surface area (Å²) in [5.41, 5.74) is 2.88. The van der Waals surface area contributed by atoms with Crippen LogP contribution in [0.3, 0.4) is 0 Å². The van der Waals surface area contributed by atoms with Gasteiger partial charge in [-0.15, -0.1) is 11.3 Å². The lowest BCUT2D eigenvalue weighted by Gasteiger charge is -2.07. The van der Waals surface area contributed by atoms with Gasteiger partial charge >= 0.3 is 0 Å². The third-order valence-corrected chi connectivity index (χ3v) is 4.82. The highest BCUT2D eigenvalue weighted by molar-refractivity contribution is 7.14. The van der Waals surface area contributed by atoms with Crippen molar-refractivity contribution in [2.24, 2.45) is 0 Å². The van der Waals surface area contributed by atoms with Crippen molar-refractivity contribution in [1.82, 2.24) is 10.3 Å². The lowest BCUT2D eigenvalue weighted by atomic mass is 10.1. The molecule has 1 heterocycles. The number of carbonyl (C=O) groups excluding carboxylic acids is 1. The highest BCUT2D eigenvalue weighted by Gasteiger charge is 2.17. The smallest absolute Gasteiger partial charge is 0.263 e. The molecule has 0 radical (unpaired) electrons. The summed E-state index contributed by atoms with van der Waals surface area (Å²) in [4.78, 5) is 17.7. The topological polar surface area (TPSA) is 51.2 Å². The third kappa shape index (κ3) is 5.00. The Hall–Kier alpha value is -2.50. The highest BCUT2D eigenvalue weighted by Crippen LogP contribution is 2.27. The molecule has 5 heteroatoms. The number of nitrogens with zero attached hydrogens (tertiary/aromatic N) is 1. The minimum Gasteiger partial charge on any atom is -0.377 e. The number of hydrogen-bond acceptors (Lipinski definition) is 4. The first kappa shape index (κ1) is 18.3. The normalized spacial score (nSPS) is 10.7. The van der Waals surface area contributed by atoms with E-state index in [1.54, 1.807) is 0 Å². The van der Waals surface area contributed by atoms with E-state index in [-0.39, 0.29) is 5.91 Å². The summed E-state index contributed by atoms with van der Waals surface area (Å²) in [6, 6.07) is 19.9. The zero-order valence-electron chi connectivity index (χ0n) is 14.8. The molecular weight excluding hydrogens is 344 g/mol. The molecule has 1 N–H and O–H groups in total. The summed E-state index contributed by atoms with van der Waals surface area (Å²) < 4.78 is 5.64. The van der Waals surface area contributed by atoms with Crippen LogP contribution in [0, 0.1) is 6.92 Å². The fourth-order valence-corrected chi connectivity index (χ4v) is 3.45. The lowest BCUT2D eigenvalue weighted by molar-refractivity contribution is 0.0938. The van der Waals surface area contributed by atoms with Gasteiger partial charge in [-0.3, -0.25) is 4.79 Å². The van der Waals surface area contributed by atoms with Crippen molar-refractivity contribution in [3.63, 3.8) is 0 Å². The summed E-state index contributed by atoms with van der Waals surface area (Å²) in [7, 11) is 0. The van der Waals surface area contributed by atoms with E-state index in [9.17, 15) is 4.79 Å². The Balaban J connectivity index is 1.47. The van der Waals surface area contributed by atoms with E-state index in [1.165, 1.54) is 11.3 Å². The maximum absolute atomic E-state index is 12.5. The second-order valence-electron chi connectivity index (χ2n) is 5.92. The summed E-state index contributed by atoms with van der Waals surface area (Å²) in [6.07, 6.45) is 0.775. The molecule has 0 bridgehead atoms. The molecule has 0 saturated heterocycles. The van der Waals surface area contributed by atoms with Gasteiger partial charge < -0.3 is 10.1 Å². The van der Waals surface area contributed by atoms with E-state index in [1.807, 2.05) is 67.6 Å². The van der Waals surface area contributed by atoms with Crippen molar-refractivity contribution < 1.29 is 9.53 Å². The minimum absolute atomic E-state index is 0.0717. The molecule has 0 atom stereocenters. The third-order valence-electron chi connectivity index (χ3n) is 3.85. The monoisotopic (exact) mass is 366 g/mol. The molecule has 1 aromatic heterocycles. The van der Waals surface area contributed by atoms with Gasteiger partial charge in [-0.1, -0.05) is 60.7 Å². The van der Waals surface area contributed by atoms with Crippen LogP contribution in [-0.2, 0) is 11.3 Å². The first-order valence-electron chi connectivity index (χ1n) is 8.67. The van der Waals surface area contributed by atoms with Crippen LogP contribution in [0.15, 0.2) is 60.7 Å². The van der Waals surface area contributed by atoms with E-state index in [2.05, 4.69) is 10.3 Å². The fraction of sp³-hybridized carbons (Fsp3) is 0.238. The van der Waals surface area contributed by atoms with Crippen molar-refractivity contribution in [2.75, 3.05) is 13.2 Å². The average Bonchev–Trinajstić information content (AvgIpc) is 3.08. The van der Waals surface area contributed by atoms with Crippen molar-refractivity contribution in [2.45, 2.75) is 20.0 Å². The van der Waals surface area contributed by atoms with Gasteiger partial charge in [-0.2, -0.15) is 0 Å². The van der Waals surface area contributed by atoms with Crippen molar-refractivity contribution in [3.05, 3.63) is 76.1 Å². The summed E-state index contributed by atoms with van der Waals surface area (Å²) in [5, 5.41) is 3.86. The zero-order valence-corrected chi connectivity index (χ0v) is 15.6. The minimum atomic E-state index is -0.0717. The molecule has 134 valence electrons. The van der Waals surface area contributed by atoms with Crippen LogP contribution >= 0.6 is 11.3 Å². The number of nitrogens with one attached hydrogen (secondary N) is 1. The van der Waals surface area contributed by atoms with Gasteiger partial charge in [0, 0.05) is 18.7 Å². The Bertz CT molecular complexity index is 832. The van der Waals surface area contributed by atoms with Crippen molar-refractivity contribution >= 4 is 17.2 Å². The van der Waals surface area contributed by atoms with E-state index < -0.39 is 0 Å². The van der Waals surface area contributed by atoms with Gasteiger partial charge in [-0.05, 0) is 18.9 Å². The Kier molecular flexibility index (Phi) is 6.52. The Morgan fingerprint density at radius 1 is 1.08 bits per heavy atom.